The number of hydrogen-bond acceptors (Lipinski definition) is 0. The van der Waals surface area contributed by atoms with Crippen molar-refractivity contribution in [2.24, 2.45) is 0 Å². The van der Waals surface area contributed by atoms with Gasteiger partial charge in [0.2, 0.25) is 0 Å². The summed E-state index contributed by atoms with van der Waals surface area (Å²) in [6.07, 6.45) is 4.60. The molecule has 0 atom stereocenters. The number of rotatable bonds is 6. The number of fused-ring (bicyclic) bond motifs is 7. The average Bonchev–Trinajstić information content (AvgIpc) is 3.89. The lowest BCUT2D eigenvalue weighted by molar-refractivity contribution is 0.661. The standard InChI is InChI=1S/C58H44N2/c1-5-46-47-22-12-15-25-52(47)58(3,4)53(46)32-38(2)41-33-42(39-28-30-56-50(36-39)48-23-13-16-26-54(48)59(56)44-18-8-6-9-19-44)35-43(34-41)40-29-31-57-51(37-40)49-24-14-17-27-55(49)60(57)45-20-10-7-11-21-45/h5-37H,2H2,1,3-4H3/b46-5-,53-32?. The maximum absolute atomic E-state index is 4.80. The first-order valence-electron chi connectivity index (χ1n) is 20.9. The van der Waals surface area contributed by atoms with E-state index < -0.39 is 0 Å². The van der Waals surface area contributed by atoms with Crippen molar-refractivity contribution in [3.63, 3.8) is 0 Å². The normalized spacial score (nSPS) is 14.8. The van der Waals surface area contributed by atoms with Gasteiger partial charge in [-0.15, -0.1) is 0 Å². The van der Waals surface area contributed by atoms with E-state index in [0.29, 0.717) is 0 Å². The van der Waals surface area contributed by atoms with Crippen LogP contribution in [-0.4, -0.2) is 9.13 Å². The Labute approximate surface area is 351 Å². The lowest BCUT2D eigenvalue weighted by Gasteiger charge is -2.23. The SMILES string of the molecule is C=C(C=C1/C(=C\C)c2ccccc2C1(C)C)c1cc(-c2ccc3c(c2)c2ccccc2n3-c2ccccc2)cc(-c2ccc3c(c2)c2ccccc2n3-c2ccccc2)c1. The predicted molar refractivity (Wildman–Crippen MR) is 256 cm³/mol. The van der Waals surface area contributed by atoms with E-state index in [2.05, 4.69) is 230 Å². The van der Waals surface area contributed by atoms with Crippen LogP contribution in [0.25, 0.3) is 88.4 Å². The summed E-state index contributed by atoms with van der Waals surface area (Å²) < 4.78 is 4.76. The van der Waals surface area contributed by atoms with Crippen LogP contribution in [0.15, 0.2) is 212 Å². The molecule has 2 heterocycles. The lowest BCUT2D eigenvalue weighted by Crippen LogP contribution is -2.15. The van der Waals surface area contributed by atoms with Gasteiger partial charge in [-0.05, 0) is 141 Å². The Hall–Kier alpha value is -7.42. The summed E-state index contributed by atoms with van der Waals surface area (Å²) >= 11 is 0. The molecule has 0 aliphatic heterocycles. The van der Waals surface area contributed by atoms with Crippen molar-refractivity contribution in [2.75, 3.05) is 0 Å². The van der Waals surface area contributed by atoms with Crippen LogP contribution in [0, 0.1) is 0 Å². The van der Waals surface area contributed by atoms with Gasteiger partial charge < -0.3 is 9.13 Å². The highest BCUT2D eigenvalue weighted by Crippen LogP contribution is 2.50. The van der Waals surface area contributed by atoms with Crippen LogP contribution in [0.1, 0.15) is 37.5 Å². The third-order valence-electron chi connectivity index (χ3n) is 12.8. The molecule has 0 fully saturated rings. The summed E-state index contributed by atoms with van der Waals surface area (Å²) in [5.41, 5.74) is 19.0. The Balaban J connectivity index is 1.11. The predicted octanol–water partition coefficient (Wildman–Crippen LogP) is 15.5. The fraction of sp³-hybridized carbons (Fsp3) is 0.0690. The molecule has 2 heteroatoms. The monoisotopic (exact) mass is 768 g/mol. The Bertz CT molecular complexity index is 3230. The first kappa shape index (κ1) is 35.7. The van der Waals surface area contributed by atoms with Crippen LogP contribution in [-0.2, 0) is 5.41 Å². The molecule has 0 saturated heterocycles. The van der Waals surface area contributed by atoms with Crippen LogP contribution in [0.5, 0.6) is 0 Å². The molecule has 0 spiro atoms. The molecule has 0 saturated carbocycles. The summed E-state index contributed by atoms with van der Waals surface area (Å²) in [5.74, 6) is 0. The fourth-order valence-corrected chi connectivity index (χ4v) is 9.88. The second-order valence-electron chi connectivity index (χ2n) is 16.6. The van der Waals surface area contributed by atoms with E-state index in [4.69, 9.17) is 6.58 Å². The molecule has 0 bridgehead atoms. The van der Waals surface area contributed by atoms with E-state index >= 15 is 0 Å². The minimum absolute atomic E-state index is 0.155. The number of para-hydroxylation sites is 4. The van der Waals surface area contributed by atoms with E-state index in [-0.39, 0.29) is 5.41 Å². The molecule has 2 aromatic heterocycles. The maximum atomic E-state index is 4.80. The van der Waals surface area contributed by atoms with Gasteiger partial charge in [0, 0.05) is 38.3 Å². The van der Waals surface area contributed by atoms with Crippen molar-refractivity contribution in [1.82, 2.24) is 9.13 Å². The molecule has 11 rings (SSSR count). The van der Waals surface area contributed by atoms with Crippen LogP contribution >= 0.6 is 0 Å². The van der Waals surface area contributed by atoms with Crippen molar-refractivity contribution in [3.8, 4) is 33.6 Å². The number of aromatic nitrogens is 2. The Kier molecular flexibility index (Phi) is 8.25. The molecule has 10 aromatic rings. The number of hydrogen-bond donors (Lipinski definition) is 0. The number of benzene rings is 8. The van der Waals surface area contributed by atoms with Crippen LogP contribution in [0.3, 0.4) is 0 Å². The van der Waals surface area contributed by atoms with Gasteiger partial charge in [-0.25, -0.2) is 0 Å². The third-order valence-corrected chi connectivity index (χ3v) is 12.8. The Morgan fingerprint density at radius 3 is 1.47 bits per heavy atom. The van der Waals surface area contributed by atoms with E-state index in [9.17, 15) is 0 Å². The number of nitrogens with zero attached hydrogens (tertiary/aromatic N) is 2. The Morgan fingerprint density at radius 2 is 0.933 bits per heavy atom. The summed E-state index contributed by atoms with van der Waals surface area (Å²) in [5, 5.41) is 4.95. The van der Waals surface area contributed by atoms with Crippen LogP contribution in [0.2, 0.25) is 0 Å². The molecule has 1 aliphatic rings. The average molecular weight is 769 g/mol. The maximum Gasteiger partial charge on any atom is 0.0541 e. The van der Waals surface area contributed by atoms with Crippen molar-refractivity contribution >= 4 is 54.8 Å². The van der Waals surface area contributed by atoms with Gasteiger partial charge >= 0.3 is 0 Å². The molecular formula is C58H44N2. The molecule has 0 amide bonds. The van der Waals surface area contributed by atoms with Gasteiger partial charge in [-0.3, -0.25) is 0 Å². The lowest BCUT2D eigenvalue weighted by atomic mass is 9.80. The second-order valence-corrected chi connectivity index (χ2v) is 16.6. The highest BCUT2D eigenvalue weighted by atomic mass is 15.0. The van der Waals surface area contributed by atoms with Gasteiger partial charge in [-0.2, -0.15) is 0 Å². The topological polar surface area (TPSA) is 9.86 Å². The highest BCUT2D eigenvalue weighted by molar-refractivity contribution is 6.12. The van der Waals surface area contributed by atoms with E-state index in [0.717, 1.165) is 33.6 Å². The van der Waals surface area contributed by atoms with E-state index in [1.165, 1.54) is 77.0 Å². The summed E-state index contributed by atoms with van der Waals surface area (Å²) in [6.45, 7) is 11.6. The Morgan fingerprint density at radius 1 is 0.467 bits per heavy atom. The molecule has 0 N–H and O–H groups in total. The quantitative estimate of drug-likeness (QED) is 0.159. The molecular weight excluding hydrogens is 725 g/mol. The minimum Gasteiger partial charge on any atom is -0.309 e. The molecule has 0 unspecified atom stereocenters. The van der Waals surface area contributed by atoms with Gasteiger partial charge in [0.05, 0.1) is 22.1 Å². The zero-order chi connectivity index (χ0) is 40.5. The zero-order valence-electron chi connectivity index (χ0n) is 34.2. The first-order chi connectivity index (χ1) is 29.4. The van der Waals surface area contributed by atoms with Crippen molar-refractivity contribution in [1.29, 1.82) is 0 Å². The molecule has 0 radical (unpaired) electrons. The third kappa shape index (κ3) is 5.56. The molecule has 286 valence electrons. The number of allylic oxidation sites excluding steroid dienone is 5. The second kappa shape index (κ2) is 13.9. The molecule has 1 aliphatic carbocycles. The van der Waals surface area contributed by atoms with Gasteiger partial charge in [0.25, 0.3) is 0 Å². The van der Waals surface area contributed by atoms with Crippen molar-refractivity contribution in [2.45, 2.75) is 26.2 Å². The highest BCUT2D eigenvalue weighted by Gasteiger charge is 2.37. The van der Waals surface area contributed by atoms with Gasteiger partial charge in [-0.1, -0.05) is 142 Å². The van der Waals surface area contributed by atoms with Crippen molar-refractivity contribution < 1.29 is 0 Å². The molecule has 60 heavy (non-hydrogen) atoms. The fourth-order valence-electron chi connectivity index (χ4n) is 9.88. The first-order valence-corrected chi connectivity index (χ1v) is 20.9. The minimum atomic E-state index is -0.155. The summed E-state index contributed by atoms with van der Waals surface area (Å²) in [6, 6.07) is 68.7. The molecule has 2 nitrogen and oxygen atoms in total. The van der Waals surface area contributed by atoms with Crippen LogP contribution in [0.4, 0.5) is 0 Å². The summed E-state index contributed by atoms with van der Waals surface area (Å²) in [4.78, 5) is 0. The van der Waals surface area contributed by atoms with Crippen LogP contribution < -0.4 is 0 Å². The smallest absolute Gasteiger partial charge is 0.0541 e. The van der Waals surface area contributed by atoms with Gasteiger partial charge in [0.1, 0.15) is 0 Å². The summed E-state index contributed by atoms with van der Waals surface area (Å²) in [7, 11) is 0. The van der Waals surface area contributed by atoms with Crippen molar-refractivity contribution in [3.05, 3.63) is 229 Å². The van der Waals surface area contributed by atoms with Gasteiger partial charge in [0.15, 0.2) is 0 Å². The molecule has 8 aromatic carbocycles. The zero-order valence-corrected chi connectivity index (χ0v) is 34.2. The van der Waals surface area contributed by atoms with E-state index in [1.54, 1.807) is 0 Å². The van der Waals surface area contributed by atoms with E-state index in [1.807, 2.05) is 0 Å². The largest absolute Gasteiger partial charge is 0.309 e.